The van der Waals surface area contributed by atoms with Crippen LogP contribution in [-0.2, 0) is 18.5 Å². The Hall–Kier alpha value is -1.40. The lowest BCUT2D eigenvalue weighted by Gasteiger charge is -2.39. The van der Waals surface area contributed by atoms with Gasteiger partial charge in [-0.2, -0.15) is 0 Å². The van der Waals surface area contributed by atoms with Gasteiger partial charge in [0.1, 0.15) is 18.2 Å². The zero-order chi connectivity index (χ0) is 22.3. The number of imidazole rings is 1. The number of rotatable bonds is 7. The van der Waals surface area contributed by atoms with Crippen LogP contribution in [0.4, 0.5) is 5.82 Å². The summed E-state index contributed by atoms with van der Waals surface area (Å²) in [5, 5.41) is -0.00381. The molecule has 3 rings (SSSR count). The Labute approximate surface area is 176 Å². The predicted octanol–water partition coefficient (Wildman–Crippen LogP) is 2.24. The number of fused-ring (bicyclic) bond motifs is 1. The van der Waals surface area contributed by atoms with Gasteiger partial charge in [0.05, 0.1) is 25.1 Å². The van der Waals surface area contributed by atoms with Gasteiger partial charge < -0.3 is 29.4 Å². The number of hydrogen-bond donors (Lipinski definition) is 3. The minimum absolute atomic E-state index is 0.00381. The van der Waals surface area contributed by atoms with Crippen molar-refractivity contribution in [3.8, 4) is 0 Å². The van der Waals surface area contributed by atoms with E-state index in [9.17, 15) is 4.57 Å². The van der Waals surface area contributed by atoms with E-state index in [2.05, 4.69) is 48.8 Å². The van der Waals surface area contributed by atoms with Crippen LogP contribution >= 0.6 is 7.60 Å². The van der Waals surface area contributed by atoms with Crippen LogP contribution in [0.1, 0.15) is 33.4 Å². The molecule has 11 nitrogen and oxygen atoms in total. The first-order valence-electron chi connectivity index (χ1n) is 9.67. The zero-order valence-electron chi connectivity index (χ0n) is 17.8. The summed E-state index contributed by atoms with van der Waals surface area (Å²) in [5.74, 6) is 0.278. The lowest BCUT2D eigenvalue weighted by atomic mass is 10.2. The molecule has 2 aromatic rings. The van der Waals surface area contributed by atoms with E-state index in [0.717, 1.165) is 0 Å². The minimum Gasteiger partial charge on any atom is -0.409 e. The molecule has 3 heterocycles. The van der Waals surface area contributed by atoms with Crippen molar-refractivity contribution in [2.24, 2.45) is 0 Å². The Balaban J connectivity index is 1.86. The highest BCUT2D eigenvalue weighted by atomic mass is 31.2. The average molecular weight is 460 g/mol. The summed E-state index contributed by atoms with van der Waals surface area (Å²) < 4.78 is 30.9. The standard InChI is InChI=1S/C17H30N5O6PSi/c1-17(2,3)30(4,5)28-12-6-11(7-26-10-29(23,24)25)27-16(12)22-9-21-13-14(18)19-8-20-15(13)22/h8-9,11-12,16H,6-7,10H2,1-5H3,(H2,18,19,20)(H2,23,24,25)/t11-,12-,16+/m0/s1. The summed E-state index contributed by atoms with van der Waals surface area (Å²) in [7, 11) is -6.37. The van der Waals surface area contributed by atoms with Crippen molar-refractivity contribution in [1.82, 2.24) is 19.5 Å². The second-order valence-corrected chi connectivity index (χ2v) is 15.4. The van der Waals surface area contributed by atoms with Crippen LogP contribution in [0.25, 0.3) is 11.2 Å². The highest BCUT2D eigenvalue weighted by Crippen LogP contribution is 2.42. The van der Waals surface area contributed by atoms with Gasteiger partial charge in [-0.25, -0.2) is 15.0 Å². The van der Waals surface area contributed by atoms with Gasteiger partial charge in [0, 0.05) is 6.42 Å². The van der Waals surface area contributed by atoms with Crippen molar-refractivity contribution in [3.05, 3.63) is 12.7 Å². The Morgan fingerprint density at radius 3 is 2.67 bits per heavy atom. The first-order chi connectivity index (χ1) is 13.8. The topological polar surface area (TPSA) is 155 Å². The Morgan fingerprint density at radius 2 is 2.03 bits per heavy atom. The smallest absolute Gasteiger partial charge is 0.350 e. The summed E-state index contributed by atoms with van der Waals surface area (Å²) in [6.07, 6.45) is 1.61. The van der Waals surface area contributed by atoms with Crippen molar-refractivity contribution < 1.29 is 28.3 Å². The maximum Gasteiger partial charge on any atom is 0.350 e. The van der Waals surface area contributed by atoms with Crippen LogP contribution < -0.4 is 5.73 Å². The molecule has 0 bridgehead atoms. The van der Waals surface area contributed by atoms with E-state index < -0.39 is 34.6 Å². The van der Waals surface area contributed by atoms with Crippen molar-refractivity contribution in [2.75, 3.05) is 18.7 Å². The fourth-order valence-corrected chi connectivity index (χ4v) is 4.76. The summed E-state index contributed by atoms with van der Waals surface area (Å²) in [6.45, 7) is 10.8. The monoisotopic (exact) mass is 459 g/mol. The van der Waals surface area contributed by atoms with Gasteiger partial charge in [0.2, 0.25) is 0 Å². The lowest BCUT2D eigenvalue weighted by molar-refractivity contribution is -0.0545. The molecule has 2 aromatic heterocycles. The van der Waals surface area contributed by atoms with Gasteiger partial charge in [-0.15, -0.1) is 0 Å². The fourth-order valence-electron chi connectivity index (χ4n) is 3.09. The van der Waals surface area contributed by atoms with Crippen LogP contribution in [-0.4, -0.2) is 62.8 Å². The largest absolute Gasteiger partial charge is 0.409 e. The number of nitrogens with two attached hydrogens (primary N) is 1. The Morgan fingerprint density at radius 1 is 1.33 bits per heavy atom. The molecule has 1 saturated heterocycles. The third-order valence-corrected chi connectivity index (χ3v) is 10.6. The van der Waals surface area contributed by atoms with Gasteiger partial charge in [0.25, 0.3) is 0 Å². The fraction of sp³-hybridized carbons (Fsp3) is 0.706. The molecule has 0 saturated carbocycles. The molecule has 0 amide bonds. The SMILES string of the molecule is CC(C)(C)[Si](C)(C)O[C@H]1C[C@@H](COCP(=O)(O)O)O[C@H]1n1cnc2c(N)ncnc21. The third kappa shape index (κ3) is 5.08. The molecular formula is C17H30N5O6PSi. The normalized spacial score (nSPS) is 23.4. The van der Waals surface area contributed by atoms with E-state index in [4.69, 9.17) is 29.4 Å². The third-order valence-electron chi connectivity index (χ3n) is 5.62. The number of aromatic nitrogens is 4. The van der Waals surface area contributed by atoms with Gasteiger partial charge in [0.15, 0.2) is 26.0 Å². The summed E-state index contributed by atoms with van der Waals surface area (Å²) in [5.41, 5.74) is 6.92. The molecule has 0 unspecified atom stereocenters. The summed E-state index contributed by atoms with van der Waals surface area (Å²) in [6, 6.07) is 0. The lowest BCUT2D eigenvalue weighted by Crippen LogP contribution is -2.45. The van der Waals surface area contributed by atoms with E-state index in [1.807, 2.05) is 0 Å². The molecule has 4 N–H and O–H groups in total. The van der Waals surface area contributed by atoms with Crippen molar-refractivity contribution in [1.29, 1.82) is 0 Å². The zero-order valence-corrected chi connectivity index (χ0v) is 19.7. The van der Waals surface area contributed by atoms with Crippen LogP contribution in [0.2, 0.25) is 18.1 Å². The molecule has 0 aliphatic carbocycles. The molecule has 1 fully saturated rings. The minimum atomic E-state index is -4.24. The van der Waals surface area contributed by atoms with Crippen LogP contribution in [0.3, 0.4) is 0 Å². The van der Waals surface area contributed by atoms with Gasteiger partial charge in [-0.3, -0.25) is 9.13 Å². The average Bonchev–Trinajstić information content (AvgIpc) is 3.17. The molecule has 0 radical (unpaired) electrons. The molecule has 30 heavy (non-hydrogen) atoms. The second kappa shape index (κ2) is 8.27. The maximum atomic E-state index is 11.1. The van der Waals surface area contributed by atoms with Gasteiger partial charge in [-0.1, -0.05) is 20.8 Å². The van der Waals surface area contributed by atoms with E-state index >= 15 is 0 Å². The van der Waals surface area contributed by atoms with Crippen molar-refractivity contribution >= 4 is 32.9 Å². The molecule has 1 aliphatic heterocycles. The van der Waals surface area contributed by atoms with E-state index in [0.29, 0.717) is 17.6 Å². The summed E-state index contributed by atoms with van der Waals surface area (Å²) in [4.78, 5) is 30.6. The van der Waals surface area contributed by atoms with Crippen LogP contribution in [0.15, 0.2) is 12.7 Å². The first-order valence-corrected chi connectivity index (χ1v) is 14.4. The number of anilines is 1. The Bertz CT molecular complexity index is 942. The van der Waals surface area contributed by atoms with Gasteiger partial charge in [-0.05, 0) is 18.1 Å². The molecule has 13 heteroatoms. The number of nitrogens with zero attached hydrogens (tertiary/aromatic N) is 4. The molecular weight excluding hydrogens is 429 g/mol. The quantitative estimate of drug-likeness (QED) is 0.414. The van der Waals surface area contributed by atoms with E-state index in [1.54, 1.807) is 10.9 Å². The van der Waals surface area contributed by atoms with Crippen molar-refractivity contribution in [2.45, 2.75) is 63.8 Å². The molecule has 168 valence electrons. The molecule has 0 spiro atoms. The van der Waals surface area contributed by atoms with E-state index in [-0.39, 0.29) is 23.6 Å². The molecule has 1 aliphatic rings. The van der Waals surface area contributed by atoms with Crippen LogP contribution in [0.5, 0.6) is 0 Å². The van der Waals surface area contributed by atoms with Gasteiger partial charge >= 0.3 is 7.60 Å². The van der Waals surface area contributed by atoms with E-state index in [1.165, 1.54) is 6.33 Å². The van der Waals surface area contributed by atoms with Crippen LogP contribution in [0, 0.1) is 0 Å². The number of hydrogen-bond acceptors (Lipinski definition) is 8. The second-order valence-electron chi connectivity index (χ2n) is 9.05. The molecule has 3 atom stereocenters. The van der Waals surface area contributed by atoms with Crippen molar-refractivity contribution in [3.63, 3.8) is 0 Å². The number of nitrogen functional groups attached to an aromatic ring is 1. The molecule has 0 aromatic carbocycles. The highest BCUT2D eigenvalue weighted by molar-refractivity contribution is 7.51. The highest BCUT2D eigenvalue weighted by Gasteiger charge is 2.45. The predicted molar refractivity (Wildman–Crippen MR) is 113 cm³/mol. The summed E-state index contributed by atoms with van der Waals surface area (Å²) >= 11 is 0. The maximum absolute atomic E-state index is 11.1. The Kier molecular flexibility index (Phi) is 6.41. The first kappa shape index (κ1) is 23.3. The number of ether oxygens (including phenoxy) is 2.